The van der Waals surface area contributed by atoms with Crippen LogP contribution in [-0.4, -0.2) is 25.2 Å². The number of carbonyl (C=O) groups excluding carboxylic acids is 1. The van der Waals surface area contributed by atoms with Gasteiger partial charge < -0.3 is 5.32 Å². The molecule has 1 atom stereocenters. The predicted octanol–water partition coefficient (Wildman–Crippen LogP) is 1.40. The monoisotopic (exact) mass is 325 g/mol. The highest BCUT2D eigenvalue weighted by Gasteiger charge is 2.11. The quantitative estimate of drug-likeness (QED) is 0.769. The van der Waals surface area contributed by atoms with Crippen molar-refractivity contribution in [3.8, 4) is 0 Å². The van der Waals surface area contributed by atoms with Crippen molar-refractivity contribution in [1.29, 1.82) is 0 Å². The summed E-state index contributed by atoms with van der Waals surface area (Å²) in [4.78, 5) is 28.7. The van der Waals surface area contributed by atoms with Gasteiger partial charge in [0.2, 0.25) is 5.91 Å². The minimum Gasteiger partial charge on any atom is -0.350 e. The average molecular weight is 325 g/mol. The summed E-state index contributed by atoms with van der Waals surface area (Å²) >= 11 is 0. The summed E-state index contributed by atoms with van der Waals surface area (Å²) in [5, 5.41) is 7.42. The molecule has 1 N–H and O–H groups in total. The van der Waals surface area contributed by atoms with E-state index in [0.717, 1.165) is 5.56 Å². The van der Waals surface area contributed by atoms with Crippen molar-refractivity contribution in [2.24, 2.45) is 7.05 Å². The van der Waals surface area contributed by atoms with Crippen molar-refractivity contribution in [3.05, 3.63) is 58.8 Å². The molecule has 7 nitrogen and oxygen atoms in total. The van der Waals surface area contributed by atoms with Crippen molar-refractivity contribution in [1.82, 2.24) is 24.6 Å². The lowest BCUT2D eigenvalue weighted by atomic mass is 10.1. The van der Waals surface area contributed by atoms with Crippen LogP contribution in [0.25, 0.3) is 11.0 Å². The molecule has 0 saturated heterocycles. The van der Waals surface area contributed by atoms with Crippen molar-refractivity contribution >= 4 is 16.9 Å². The first kappa shape index (κ1) is 15.9. The summed E-state index contributed by atoms with van der Waals surface area (Å²) in [6, 6.07) is 9.67. The minimum atomic E-state index is -0.183. The van der Waals surface area contributed by atoms with Gasteiger partial charge in [0.05, 0.1) is 18.6 Å². The van der Waals surface area contributed by atoms with E-state index in [0.29, 0.717) is 11.0 Å². The van der Waals surface area contributed by atoms with Crippen LogP contribution < -0.4 is 10.9 Å². The van der Waals surface area contributed by atoms with Crippen molar-refractivity contribution in [3.63, 3.8) is 0 Å². The van der Waals surface area contributed by atoms with Gasteiger partial charge in [-0.05, 0) is 12.5 Å². The minimum absolute atomic E-state index is 0.0747. The number of hydrogen-bond donors (Lipinski definition) is 1. The van der Waals surface area contributed by atoms with E-state index in [2.05, 4.69) is 15.4 Å². The van der Waals surface area contributed by atoms with Gasteiger partial charge in [0.15, 0.2) is 5.65 Å². The van der Waals surface area contributed by atoms with Gasteiger partial charge in [0, 0.05) is 20.0 Å². The third-order valence-corrected chi connectivity index (χ3v) is 3.97. The smallest absolute Gasteiger partial charge is 0.264 e. The van der Waals surface area contributed by atoms with E-state index in [1.807, 2.05) is 37.3 Å². The summed E-state index contributed by atoms with van der Waals surface area (Å²) in [6.07, 6.45) is 3.17. The lowest BCUT2D eigenvalue weighted by molar-refractivity contribution is -0.121. The molecular weight excluding hydrogens is 306 g/mol. The van der Waals surface area contributed by atoms with Crippen molar-refractivity contribution in [2.45, 2.75) is 25.9 Å². The zero-order chi connectivity index (χ0) is 17.1. The second-order valence-electron chi connectivity index (χ2n) is 5.70. The maximum absolute atomic E-state index is 12.3. The van der Waals surface area contributed by atoms with E-state index in [1.165, 1.54) is 17.1 Å². The van der Waals surface area contributed by atoms with Crippen LogP contribution in [0.15, 0.2) is 47.7 Å². The Hall–Kier alpha value is -2.96. The highest BCUT2D eigenvalue weighted by Crippen LogP contribution is 2.11. The normalized spacial score (nSPS) is 12.2. The highest BCUT2D eigenvalue weighted by atomic mass is 16.2. The Labute approximate surface area is 138 Å². The van der Waals surface area contributed by atoms with Crippen LogP contribution in [0.3, 0.4) is 0 Å². The maximum atomic E-state index is 12.3. The summed E-state index contributed by atoms with van der Waals surface area (Å²) in [6.45, 7) is 2.21. The second kappa shape index (κ2) is 6.66. The fraction of sp³-hybridized carbons (Fsp3) is 0.294. The zero-order valence-corrected chi connectivity index (χ0v) is 13.6. The number of fused-ring (bicyclic) bond motifs is 1. The lowest BCUT2D eigenvalue weighted by Gasteiger charge is -2.14. The molecule has 7 heteroatoms. The number of hydrogen-bond acceptors (Lipinski definition) is 4. The third kappa shape index (κ3) is 3.19. The van der Waals surface area contributed by atoms with Gasteiger partial charge in [0.1, 0.15) is 5.39 Å². The number of carbonyl (C=O) groups is 1. The van der Waals surface area contributed by atoms with Crippen LogP contribution in [0, 0.1) is 0 Å². The molecule has 0 bridgehead atoms. The van der Waals surface area contributed by atoms with Crippen molar-refractivity contribution in [2.75, 3.05) is 0 Å². The molecule has 0 unspecified atom stereocenters. The molecule has 1 aromatic carbocycles. The Kier molecular flexibility index (Phi) is 4.41. The molecule has 124 valence electrons. The molecule has 0 aliphatic rings. The number of benzene rings is 1. The molecule has 0 aliphatic heterocycles. The average Bonchev–Trinajstić information content (AvgIpc) is 2.97. The highest BCUT2D eigenvalue weighted by molar-refractivity contribution is 5.76. The van der Waals surface area contributed by atoms with Crippen molar-refractivity contribution < 1.29 is 4.79 Å². The molecule has 3 rings (SSSR count). The van der Waals surface area contributed by atoms with Crippen LogP contribution in [0.2, 0.25) is 0 Å². The van der Waals surface area contributed by atoms with Crippen LogP contribution >= 0.6 is 0 Å². The van der Waals surface area contributed by atoms with E-state index in [-0.39, 0.29) is 30.5 Å². The van der Waals surface area contributed by atoms with E-state index in [4.69, 9.17) is 0 Å². The molecule has 3 aromatic rings. The van der Waals surface area contributed by atoms with Gasteiger partial charge in [-0.2, -0.15) is 5.10 Å². The topological polar surface area (TPSA) is 81.8 Å². The number of amides is 1. The molecule has 0 spiro atoms. The lowest BCUT2D eigenvalue weighted by Crippen LogP contribution is -2.29. The first-order chi connectivity index (χ1) is 11.6. The number of aryl methyl sites for hydroxylation is 2. The number of nitrogens with one attached hydrogen (secondary N) is 1. The Balaban J connectivity index is 1.64. The number of nitrogens with zero attached hydrogens (tertiary/aromatic N) is 4. The largest absolute Gasteiger partial charge is 0.350 e. The Bertz CT molecular complexity index is 914. The Morgan fingerprint density at radius 1 is 1.29 bits per heavy atom. The fourth-order valence-corrected chi connectivity index (χ4v) is 2.59. The summed E-state index contributed by atoms with van der Waals surface area (Å²) in [5.74, 6) is -0.107. The standard InChI is InChI=1S/C17H19N5O2/c1-12(13-6-4-3-5-7-13)20-15(23)8-9-22-11-18-16-14(17(22)24)10-19-21(16)2/h3-7,10-12H,8-9H2,1-2H3,(H,20,23)/t12-/m1/s1. The van der Waals surface area contributed by atoms with Gasteiger partial charge in [0.25, 0.3) is 5.56 Å². The fourth-order valence-electron chi connectivity index (χ4n) is 2.59. The number of rotatable bonds is 5. The van der Waals surface area contributed by atoms with Crippen LogP contribution in [0.4, 0.5) is 0 Å². The summed E-state index contributed by atoms with van der Waals surface area (Å²) in [7, 11) is 1.73. The van der Waals surface area contributed by atoms with Crippen LogP contribution in [-0.2, 0) is 18.4 Å². The zero-order valence-electron chi connectivity index (χ0n) is 13.6. The molecule has 24 heavy (non-hydrogen) atoms. The molecular formula is C17H19N5O2. The molecule has 0 saturated carbocycles. The summed E-state index contributed by atoms with van der Waals surface area (Å²) < 4.78 is 2.99. The van der Waals surface area contributed by atoms with Gasteiger partial charge in [-0.1, -0.05) is 30.3 Å². The van der Waals surface area contributed by atoms with E-state index in [1.54, 1.807) is 11.7 Å². The van der Waals surface area contributed by atoms with Gasteiger partial charge in [-0.15, -0.1) is 0 Å². The molecule has 2 heterocycles. The molecule has 0 radical (unpaired) electrons. The van der Waals surface area contributed by atoms with Gasteiger partial charge in [-0.25, -0.2) is 4.98 Å². The Morgan fingerprint density at radius 3 is 2.79 bits per heavy atom. The third-order valence-electron chi connectivity index (χ3n) is 3.97. The van der Waals surface area contributed by atoms with E-state index < -0.39 is 0 Å². The van der Waals surface area contributed by atoms with Crippen LogP contribution in [0.5, 0.6) is 0 Å². The van der Waals surface area contributed by atoms with Gasteiger partial charge >= 0.3 is 0 Å². The van der Waals surface area contributed by atoms with E-state index >= 15 is 0 Å². The SMILES string of the molecule is C[C@@H](NC(=O)CCn1cnc2c(cnn2C)c1=O)c1ccccc1. The Morgan fingerprint density at radius 2 is 2.04 bits per heavy atom. The second-order valence-corrected chi connectivity index (χ2v) is 5.70. The predicted molar refractivity (Wildman–Crippen MR) is 90.4 cm³/mol. The first-order valence-electron chi connectivity index (χ1n) is 7.77. The molecule has 0 aliphatic carbocycles. The molecule has 1 amide bonds. The number of aromatic nitrogens is 4. The molecule has 0 fully saturated rings. The van der Waals surface area contributed by atoms with E-state index in [9.17, 15) is 9.59 Å². The molecule has 2 aromatic heterocycles. The first-order valence-corrected chi connectivity index (χ1v) is 7.77. The van der Waals surface area contributed by atoms with Gasteiger partial charge in [-0.3, -0.25) is 18.8 Å². The summed E-state index contributed by atoms with van der Waals surface area (Å²) in [5.41, 5.74) is 1.40. The maximum Gasteiger partial charge on any atom is 0.264 e. The van der Waals surface area contributed by atoms with Crippen LogP contribution in [0.1, 0.15) is 24.9 Å².